The quantitative estimate of drug-likeness (QED) is 0.697. The molecule has 5 nitrogen and oxygen atoms in total. The largest absolute Gasteiger partial charge is 0.480 e. The Morgan fingerprint density at radius 2 is 1.82 bits per heavy atom. The highest BCUT2D eigenvalue weighted by molar-refractivity contribution is 7.11. The van der Waals surface area contributed by atoms with Gasteiger partial charge in [-0.15, -0.1) is 11.3 Å². The van der Waals surface area contributed by atoms with Gasteiger partial charge >= 0.3 is 5.97 Å². The van der Waals surface area contributed by atoms with Gasteiger partial charge in [0.2, 0.25) is 0 Å². The van der Waals surface area contributed by atoms with Gasteiger partial charge in [-0.1, -0.05) is 24.3 Å². The minimum atomic E-state index is -1.23. The minimum absolute atomic E-state index is 0.332. The van der Waals surface area contributed by atoms with E-state index >= 15 is 0 Å². The number of carbonyl (C=O) groups is 3. The Hall–Kier alpha value is -2.73. The number of hydrogen-bond donors (Lipinski definition) is 1. The molecule has 110 valence electrons. The summed E-state index contributed by atoms with van der Waals surface area (Å²) in [7, 11) is 0. The van der Waals surface area contributed by atoms with Crippen molar-refractivity contribution in [2.75, 3.05) is 6.54 Å². The zero-order valence-corrected chi connectivity index (χ0v) is 12.2. The number of rotatable bonds is 3. The molecule has 0 aliphatic carbocycles. The molecule has 0 unspecified atom stereocenters. The number of carboxylic acids is 1. The first-order chi connectivity index (χ1) is 10.6. The fraction of sp³-hybridized carbons (Fsp3) is 0.0625. The summed E-state index contributed by atoms with van der Waals surface area (Å²) < 4.78 is 0. The van der Waals surface area contributed by atoms with E-state index in [0.29, 0.717) is 16.7 Å². The second kappa shape index (κ2) is 5.57. The number of imide groups is 1. The highest BCUT2D eigenvalue weighted by atomic mass is 32.1. The molecule has 0 spiro atoms. The predicted octanol–water partition coefficient (Wildman–Crippen LogP) is 2.36. The van der Waals surface area contributed by atoms with Crippen molar-refractivity contribution in [3.8, 4) is 0 Å². The Kier molecular flexibility index (Phi) is 3.60. The molecule has 6 heteroatoms. The molecule has 0 bridgehead atoms. The number of carbonyl (C=O) groups excluding carboxylic acids is 2. The van der Waals surface area contributed by atoms with E-state index in [-0.39, 0.29) is 0 Å². The van der Waals surface area contributed by atoms with Gasteiger partial charge in [-0.25, -0.2) is 0 Å². The molecule has 2 aromatic rings. The van der Waals surface area contributed by atoms with Crippen molar-refractivity contribution in [1.29, 1.82) is 0 Å². The molecule has 2 amide bonds. The van der Waals surface area contributed by atoms with E-state index in [2.05, 4.69) is 0 Å². The molecule has 1 aliphatic heterocycles. The molecule has 0 fully saturated rings. The normalized spacial score (nSPS) is 16.0. The molecule has 1 N–H and O–H groups in total. The molecule has 0 saturated carbocycles. The summed E-state index contributed by atoms with van der Waals surface area (Å²) >= 11 is 1.46. The van der Waals surface area contributed by atoms with Crippen molar-refractivity contribution in [1.82, 2.24) is 4.90 Å². The summed E-state index contributed by atoms with van der Waals surface area (Å²) in [6.07, 6.45) is 1.69. The number of amides is 2. The van der Waals surface area contributed by atoms with Crippen LogP contribution in [-0.2, 0) is 9.59 Å². The van der Waals surface area contributed by atoms with Crippen molar-refractivity contribution in [2.24, 2.45) is 0 Å². The number of benzene rings is 1. The highest BCUT2D eigenvalue weighted by Crippen LogP contribution is 2.30. The van der Waals surface area contributed by atoms with Crippen molar-refractivity contribution < 1.29 is 19.5 Å². The SMILES string of the molecule is O=C(O)CN1C(=O)/C(=C/c2cccs2)c2ccccc2C1=O. The van der Waals surface area contributed by atoms with Crippen LogP contribution in [0, 0.1) is 0 Å². The van der Waals surface area contributed by atoms with E-state index in [4.69, 9.17) is 5.11 Å². The maximum Gasteiger partial charge on any atom is 0.323 e. The molecule has 1 aromatic heterocycles. The molecule has 0 saturated heterocycles. The molecule has 3 rings (SSSR count). The topological polar surface area (TPSA) is 74.7 Å². The lowest BCUT2D eigenvalue weighted by atomic mass is 9.93. The Bertz CT molecular complexity index is 792. The Morgan fingerprint density at radius 1 is 1.09 bits per heavy atom. The lowest BCUT2D eigenvalue weighted by molar-refractivity contribution is -0.141. The van der Waals surface area contributed by atoms with Crippen LogP contribution in [0.4, 0.5) is 0 Å². The van der Waals surface area contributed by atoms with Gasteiger partial charge in [-0.2, -0.15) is 0 Å². The van der Waals surface area contributed by atoms with Gasteiger partial charge in [-0.05, 0) is 29.2 Å². The average molecular weight is 313 g/mol. The van der Waals surface area contributed by atoms with Gasteiger partial charge < -0.3 is 5.11 Å². The number of carboxylic acid groups (broad SMARTS) is 1. The summed E-state index contributed by atoms with van der Waals surface area (Å²) in [5.74, 6) is -2.39. The van der Waals surface area contributed by atoms with Crippen molar-refractivity contribution in [3.63, 3.8) is 0 Å². The first-order valence-corrected chi connectivity index (χ1v) is 7.38. The first kappa shape index (κ1) is 14.2. The molecule has 22 heavy (non-hydrogen) atoms. The highest BCUT2D eigenvalue weighted by Gasteiger charge is 2.35. The number of nitrogens with zero attached hydrogens (tertiary/aromatic N) is 1. The van der Waals surface area contributed by atoms with Gasteiger partial charge in [0, 0.05) is 16.0 Å². The zero-order valence-electron chi connectivity index (χ0n) is 11.4. The number of fused-ring (bicyclic) bond motifs is 1. The van der Waals surface area contributed by atoms with Crippen LogP contribution in [0.5, 0.6) is 0 Å². The zero-order chi connectivity index (χ0) is 15.7. The fourth-order valence-corrected chi connectivity index (χ4v) is 2.99. The number of thiophene rings is 1. The van der Waals surface area contributed by atoms with E-state index < -0.39 is 24.3 Å². The summed E-state index contributed by atoms with van der Waals surface area (Å²) in [5.41, 5.74) is 1.21. The lowest BCUT2D eigenvalue weighted by Gasteiger charge is -2.27. The Morgan fingerprint density at radius 3 is 2.45 bits per heavy atom. The van der Waals surface area contributed by atoms with Crippen molar-refractivity contribution in [3.05, 3.63) is 57.8 Å². The van der Waals surface area contributed by atoms with E-state index in [0.717, 1.165) is 9.78 Å². The molecule has 1 aromatic carbocycles. The van der Waals surface area contributed by atoms with Crippen LogP contribution in [0.3, 0.4) is 0 Å². The second-order valence-electron chi connectivity index (χ2n) is 4.71. The van der Waals surface area contributed by atoms with E-state index in [1.54, 1.807) is 30.3 Å². The van der Waals surface area contributed by atoms with Crippen molar-refractivity contribution in [2.45, 2.75) is 0 Å². The summed E-state index contributed by atoms with van der Waals surface area (Å²) in [6, 6.07) is 10.4. The predicted molar refractivity (Wildman–Crippen MR) is 82.3 cm³/mol. The van der Waals surface area contributed by atoms with E-state index in [9.17, 15) is 14.4 Å². The first-order valence-electron chi connectivity index (χ1n) is 6.50. The lowest BCUT2D eigenvalue weighted by Crippen LogP contribution is -2.44. The summed E-state index contributed by atoms with van der Waals surface area (Å²) in [6.45, 7) is -0.645. The van der Waals surface area contributed by atoms with Gasteiger partial charge in [-0.3, -0.25) is 19.3 Å². The van der Waals surface area contributed by atoms with Crippen LogP contribution >= 0.6 is 11.3 Å². The summed E-state index contributed by atoms with van der Waals surface area (Å²) in [4.78, 5) is 37.4. The van der Waals surface area contributed by atoms with Gasteiger partial charge in [0.1, 0.15) is 6.54 Å². The summed E-state index contributed by atoms with van der Waals surface area (Å²) in [5, 5.41) is 10.8. The van der Waals surface area contributed by atoms with Gasteiger partial charge in [0.15, 0.2) is 0 Å². The molecule has 0 atom stereocenters. The van der Waals surface area contributed by atoms with Gasteiger partial charge in [0.25, 0.3) is 11.8 Å². The van der Waals surface area contributed by atoms with Crippen LogP contribution < -0.4 is 0 Å². The van der Waals surface area contributed by atoms with Crippen LogP contribution in [0.15, 0.2) is 41.8 Å². The Balaban J connectivity index is 2.15. The maximum atomic E-state index is 12.5. The smallest absolute Gasteiger partial charge is 0.323 e. The molecular formula is C16H11NO4S. The van der Waals surface area contributed by atoms with Crippen LogP contribution in [-0.4, -0.2) is 34.3 Å². The fourth-order valence-electron chi connectivity index (χ4n) is 2.34. The molecule has 2 heterocycles. The monoisotopic (exact) mass is 313 g/mol. The van der Waals surface area contributed by atoms with E-state index in [1.165, 1.54) is 11.3 Å². The number of aliphatic carboxylic acids is 1. The third kappa shape index (κ3) is 2.44. The standard InChI is InChI=1S/C16H11NO4S/c18-14(19)9-17-15(20)12-6-2-1-5-11(12)13(16(17)21)8-10-4-3-7-22-10/h1-8H,9H2,(H,18,19)/b13-8+. The average Bonchev–Trinajstić information content (AvgIpc) is 3.01. The van der Waals surface area contributed by atoms with Crippen LogP contribution in [0.1, 0.15) is 20.8 Å². The molecule has 1 aliphatic rings. The third-order valence-corrected chi connectivity index (χ3v) is 4.11. The Labute approximate surface area is 130 Å². The molecular weight excluding hydrogens is 302 g/mol. The van der Waals surface area contributed by atoms with E-state index in [1.807, 2.05) is 17.5 Å². The second-order valence-corrected chi connectivity index (χ2v) is 5.69. The van der Waals surface area contributed by atoms with Gasteiger partial charge in [0.05, 0.1) is 0 Å². The van der Waals surface area contributed by atoms with Crippen molar-refractivity contribution >= 4 is 40.8 Å². The molecule has 0 radical (unpaired) electrons. The third-order valence-electron chi connectivity index (χ3n) is 3.29. The number of hydrogen-bond acceptors (Lipinski definition) is 4. The minimum Gasteiger partial charge on any atom is -0.480 e. The van der Waals surface area contributed by atoms with Crippen LogP contribution in [0.2, 0.25) is 0 Å². The van der Waals surface area contributed by atoms with Crippen LogP contribution in [0.25, 0.3) is 11.6 Å². The maximum absolute atomic E-state index is 12.5.